The SMILES string of the molecule is CCCNC(CN1CCCCCC1)(C(=O)O)C1CC1. The van der Waals surface area contributed by atoms with Gasteiger partial charge in [0.15, 0.2) is 0 Å². The van der Waals surface area contributed by atoms with E-state index in [2.05, 4.69) is 17.1 Å². The molecule has 110 valence electrons. The van der Waals surface area contributed by atoms with Crippen LogP contribution >= 0.6 is 0 Å². The molecule has 0 spiro atoms. The first-order valence-electron chi connectivity index (χ1n) is 7.90. The zero-order chi connectivity index (χ0) is 13.7. The Balaban J connectivity index is 2.04. The van der Waals surface area contributed by atoms with Gasteiger partial charge in [0.1, 0.15) is 5.54 Å². The van der Waals surface area contributed by atoms with Crippen molar-refractivity contribution in [3.63, 3.8) is 0 Å². The standard InChI is InChI=1S/C15H28N2O2/c1-2-9-16-15(14(18)19,13-7-8-13)12-17-10-5-3-4-6-11-17/h13,16H,2-12H2,1H3,(H,18,19). The molecule has 1 saturated carbocycles. The van der Waals surface area contributed by atoms with Crippen molar-refractivity contribution in [3.8, 4) is 0 Å². The van der Waals surface area contributed by atoms with Gasteiger partial charge in [-0.15, -0.1) is 0 Å². The average Bonchev–Trinajstić information content (AvgIpc) is 3.21. The molecule has 1 aliphatic carbocycles. The number of aliphatic carboxylic acids is 1. The van der Waals surface area contributed by atoms with Gasteiger partial charge in [-0.05, 0) is 57.7 Å². The summed E-state index contributed by atoms with van der Waals surface area (Å²) in [6, 6.07) is 0. The molecule has 1 aliphatic heterocycles. The van der Waals surface area contributed by atoms with Gasteiger partial charge in [0, 0.05) is 6.54 Å². The molecule has 2 N–H and O–H groups in total. The quantitative estimate of drug-likeness (QED) is 0.742. The number of rotatable bonds is 7. The van der Waals surface area contributed by atoms with E-state index in [0.29, 0.717) is 12.5 Å². The maximum Gasteiger partial charge on any atom is 0.325 e. The molecule has 2 rings (SSSR count). The summed E-state index contributed by atoms with van der Waals surface area (Å²) in [6.45, 7) is 5.72. The molecule has 1 saturated heterocycles. The third-order valence-corrected chi connectivity index (χ3v) is 4.52. The fourth-order valence-electron chi connectivity index (χ4n) is 3.22. The Kier molecular flexibility index (Phi) is 5.22. The lowest BCUT2D eigenvalue weighted by Gasteiger charge is -2.36. The van der Waals surface area contributed by atoms with E-state index in [9.17, 15) is 9.90 Å². The molecular formula is C15H28N2O2. The minimum Gasteiger partial charge on any atom is -0.480 e. The second kappa shape index (κ2) is 6.71. The van der Waals surface area contributed by atoms with Crippen LogP contribution in [0.5, 0.6) is 0 Å². The summed E-state index contributed by atoms with van der Waals surface area (Å²) in [7, 11) is 0. The van der Waals surface area contributed by atoms with E-state index >= 15 is 0 Å². The van der Waals surface area contributed by atoms with Crippen LogP contribution in [-0.4, -0.2) is 47.7 Å². The maximum atomic E-state index is 11.9. The Morgan fingerprint density at radius 1 is 1.26 bits per heavy atom. The number of nitrogens with one attached hydrogen (secondary N) is 1. The van der Waals surface area contributed by atoms with Crippen LogP contribution in [0.15, 0.2) is 0 Å². The van der Waals surface area contributed by atoms with Crippen LogP contribution in [-0.2, 0) is 4.79 Å². The summed E-state index contributed by atoms with van der Waals surface area (Å²) in [5.74, 6) is -0.313. The van der Waals surface area contributed by atoms with Crippen molar-refractivity contribution < 1.29 is 9.90 Å². The van der Waals surface area contributed by atoms with Crippen LogP contribution in [0.3, 0.4) is 0 Å². The first-order chi connectivity index (χ1) is 9.19. The van der Waals surface area contributed by atoms with E-state index < -0.39 is 11.5 Å². The molecule has 19 heavy (non-hydrogen) atoms. The largest absolute Gasteiger partial charge is 0.480 e. The molecule has 2 aliphatic rings. The van der Waals surface area contributed by atoms with E-state index in [1.165, 1.54) is 25.7 Å². The van der Waals surface area contributed by atoms with Crippen LogP contribution in [0.25, 0.3) is 0 Å². The topological polar surface area (TPSA) is 52.6 Å². The summed E-state index contributed by atoms with van der Waals surface area (Å²) in [6.07, 6.45) is 8.14. The zero-order valence-electron chi connectivity index (χ0n) is 12.2. The van der Waals surface area contributed by atoms with Gasteiger partial charge < -0.3 is 15.3 Å². The Labute approximate surface area is 116 Å². The molecule has 1 unspecified atom stereocenters. The van der Waals surface area contributed by atoms with Crippen molar-refractivity contribution >= 4 is 5.97 Å². The van der Waals surface area contributed by atoms with Crippen molar-refractivity contribution in [2.45, 2.75) is 57.4 Å². The van der Waals surface area contributed by atoms with E-state index in [1.807, 2.05) is 0 Å². The predicted molar refractivity (Wildman–Crippen MR) is 76.3 cm³/mol. The van der Waals surface area contributed by atoms with Gasteiger partial charge >= 0.3 is 5.97 Å². The predicted octanol–water partition coefficient (Wildman–Crippen LogP) is 2.10. The Bertz CT molecular complexity index is 297. The summed E-state index contributed by atoms with van der Waals surface area (Å²) < 4.78 is 0. The highest BCUT2D eigenvalue weighted by Crippen LogP contribution is 2.40. The smallest absolute Gasteiger partial charge is 0.325 e. The number of likely N-dealkylation sites (tertiary alicyclic amines) is 1. The van der Waals surface area contributed by atoms with Crippen molar-refractivity contribution in [1.82, 2.24) is 10.2 Å². The maximum absolute atomic E-state index is 11.9. The highest BCUT2D eigenvalue weighted by atomic mass is 16.4. The van der Waals surface area contributed by atoms with Crippen molar-refractivity contribution in [2.75, 3.05) is 26.2 Å². The molecule has 0 radical (unpaired) electrons. The van der Waals surface area contributed by atoms with E-state index in [4.69, 9.17) is 0 Å². The van der Waals surface area contributed by atoms with Crippen LogP contribution in [0.2, 0.25) is 0 Å². The molecule has 4 heteroatoms. The second-order valence-corrected chi connectivity index (χ2v) is 6.17. The highest BCUT2D eigenvalue weighted by molar-refractivity contribution is 5.80. The third kappa shape index (κ3) is 3.69. The van der Waals surface area contributed by atoms with Crippen LogP contribution in [0.4, 0.5) is 0 Å². The first-order valence-corrected chi connectivity index (χ1v) is 7.90. The summed E-state index contributed by atoms with van der Waals surface area (Å²) in [5, 5.41) is 13.1. The van der Waals surface area contributed by atoms with E-state index in [1.54, 1.807) is 0 Å². The lowest BCUT2D eigenvalue weighted by molar-refractivity contribution is -0.147. The molecule has 1 heterocycles. The van der Waals surface area contributed by atoms with Gasteiger partial charge in [0.2, 0.25) is 0 Å². The second-order valence-electron chi connectivity index (χ2n) is 6.17. The van der Waals surface area contributed by atoms with Crippen molar-refractivity contribution in [1.29, 1.82) is 0 Å². The molecule has 0 aromatic rings. The minimum absolute atomic E-state index is 0.333. The fourth-order valence-corrected chi connectivity index (χ4v) is 3.22. The first kappa shape index (κ1) is 14.8. The normalized spacial score (nSPS) is 24.7. The zero-order valence-corrected chi connectivity index (χ0v) is 12.2. The Hall–Kier alpha value is -0.610. The molecule has 0 aromatic carbocycles. The van der Waals surface area contributed by atoms with Crippen molar-refractivity contribution in [2.24, 2.45) is 5.92 Å². The molecule has 1 atom stereocenters. The van der Waals surface area contributed by atoms with Gasteiger partial charge in [-0.25, -0.2) is 0 Å². The van der Waals surface area contributed by atoms with Crippen LogP contribution < -0.4 is 5.32 Å². The number of carbonyl (C=O) groups is 1. The number of hydrogen-bond donors (Lipinski definition) is 2. The number of nitrogens with zero attached hydrogens (tertiary/aromatic N) is 1. The van der Waals surface area contributed by atoms with Crippen LogP contribution in [0, 0.1) is 5.92 Å². The Morgan fingerprint density at radius 2 is 1.89 bits per heavy atom. The van der Waals surface area contributed by atoms with Gasteiger partial charge in [-0.1, -0.05) is 19.8 Å². The molecule has 2 fully saturated rings. The van der Waals surface area contributed by atoms with Gasteiger partial charge in [0.05, 0.1) is 0 Å². The molecule has 0 bridgehead atoms. The molecule has 0 aromatic heterocycles. The fraction of sp³-hybridized carbons (Fsp3) is 0.933. The van der Waals surface area contributed by atoms with Crippen molar-refractivity contribution in [3.05, 3.63) is 0 Å². The summed E-state index contributed by atoms with van der Waals surface area (Å²) >= 11 is 0. The summed E-state index contributed by atoms with van der Waals surface area (Å²) in [4.78, 5) is 14.3. The average molecular weight is 268 g/mol. The monoisotopic (exact) mass is 268 g/mol. The van der Waals surface area contributed by atoms with Gasteiger partial charge in [0.25, 0.3) is 0 Å². The number of carboxylic acid groups (broad SMARTS) is 1. The number of hydrogen-bond acceptors (Lipinski definition) is 3. The third-order valence-electron chi connectivity index (χ3n) is 4.52. The summed E-state index contributed by atoms with van der Waals surface area (Å²) in [5.41, 5.74) is -0.694. The van der Waals surface area contributed by atoms with E-state index in [-0.39, 0.29) is 0 Å². The molecule has 0 amide bonds. The van der Waals surface area contributed by atoms with Gasteiger partial charge in [-0.2, -0.15) is 0 Å². The minimum atomic E-state index is -0.694. The van der Waals surface area contributed by atoms with Crippen LogP contribution in [0.1, 0.15) is 51.9 Å². The lowest BCUT2D eigenvalue weighted by Crippen LogP contribution is -2.61. The van der Waals surface area contributed by atoms with Gasteiger partial charge in [-0.3, -0.25) is 4.79 Å². The van der Waals surface area contributed by atoms with E-state index in [0.717, 1.165) is 38.9 Å². The molecule has 4 nitrogen and oxygen atoms in total. The number of carboxylic acids is 1. The Morgan fingerprint density at radius 3 is 2.37 bits per heavy atom. The lowest BCUT2D eigenvalue weighted by atomic mass is 9.92. The molecular weight excluding hydrogens is 240 g/mol. The highest BCUT2D eigenvalue weighted by Gasteiger charge is 2.51.